The number of hydrogen-bond donors (Lipinski definition) is 2. The van der Waals surface area contributed by atoms with Crippen LogP contribution in [0.4, 0.5) is 11.5 Å². The van der Waals surface area contributed by atoms with Gasteiger partial charge in [0.25, 0.3) is 5.91 Å². The molecule has 0 saturated heterocycles. The Hall–Kier alpha value is -3.41. The first-order valence-electron chi connectivity index (χ1n) is 7.80. The van der Waals surface area contributed by atoms with E-state index >= 15 is 0 Å². The van der Waals surface area contributed by atoms with E-state index in [9.17, 15) is 4.79 Å². The first-order valence-corrected chi connectivity index (χ1v) is 7.80. The highest BCUT2D eigenvalue weighted by molar-refractivity contribution is 6.03. The average Bonchev–Trinajstić information content (AvgIpc) is 2.68. The van der Waals surface area contributed by atoms with Gasteiger partial charge < -0.3 is 15.4 Å². The van der Waals surface area contributed by atoms with Crippen LogP contribution in [-0.4, -0.2) is 23.0 Å². The van der Waals surface area contributed by atoms with E-state index in [4.69, 9.17) is 4.74 Å². The summed E-state index contributed by atoms with van der Waals surface area (Å²) >= 11 is 0. The number of hydrogen-bond acceptors (Lipinski definition) is 5. The summed E-state index contributed by atoms with van der Waals surface area (Å²) in [6, 6.07) is 17.2. The molecule has 2 aromatic carbocycles. The van der Waals surface area contributed by atoms with Crippen molar-refractivity contribution in [3.8, 4) is 5.75 Å². The van der Waals surface area contributed by atoms with Crippen molar-refractivity contribution < 1.29 is 9.53 Å². The van der Waals surface area contributed by atoms with Gasteiger partial charge in [0.2, 0.25) is 0 Å². The number of aromatic nitrogens is 2. The Morgan fingerprint density at radius 1 is 1.00 bits per heavy atom. The lowest BCUT2D eigenvalue weighted by molar-refractivity contribution is 0.102. The van der Waals surface area contributed by atoms with Crippen LogP contribution >= 0.6 is 0 Å². The highest BCUT2D eigenvalue weighted by atomic mass is 16.5. The number of rotatable bonds is 6. The van der Waals surface area contributed by atoms with Gasteiger partial charge in [0, 0.05) is 6.54 Å². The van der Waals surface area contributed by atoms with Crippen molar-refractivity contribution in [1.29, 1.82) is 0 Å². The molecule has 0 saturated carbocycles. The van der Waals surface area contributed by atoms with Gasteiger partial charge in [-0.15, -0.1) is 0 Å². The van der Waals surface area contributed by atoms with Crippen LogP contribution in [0.5, 0.6) is 5.75 Å². The second-order valence-corrected chi connectivity index (χ2v) is 5.28. The summed E-state index contributed by atoms with van der Waals surface area (Å²) < 4.78 is 5.21. The van der Waals surface area contributed by atoms with Crippen LogP contribution < -0.4 is 15.4 Å². The van der Waals surface area contributed by atoms with Crippen molar-refractivity contribution in [1.82, 2.24) is 9.97 Å². The number of ether oxygens (including phenoxy) is 1. The molecule has 0 atom stereocenters. The van der Waals surface area contributed by atoms with Crippen molar-refractivity contribution >= 4 is 17.4 Å². The van der Waals surface area contributed by atoms with Crippen LogP contribution in [0, 0.1) is 0 Å². The second-order valence-electron chi connectivity index (χ2n) is 5.28. The Kier molecular flexibility index (Phi) is 5.21. The molecule has 0 aliphatic heterocycles. The minimum absolute atomic E-state index is 0.233. The third-order valence-corrected chi connectivity index (χ3v) is 3.56. The first kappa shape index (κ1) is 16.4. The van der Waals surface area contributed by atoms with Gasteiger partial charge >= 0.3 is 0 Å². The number of nitrogens with one attached hydrogen (secondary N) is 2. The Labute approximate surface area is 145 Å². The molecule has 25 heavy (non-hydrogen) atoms. The van der Waals surface area contributed by atoms with Gasteiger partial charge in [-0.05, 0) is 17.7 Å². The molecule has 0 unspecified atom stereocenters. The number of anilines is 2. The zero-order valence-electron chi connectivity index (χ0n) is 13.8. The molecule has 6 nitrogen and oxygen atoms in total. The number of nitrogens with zero attached hydrogens (tertiary/aromatic N) is 2. The molecule has 0 radical (unpaired) electrons. The fourth-order valence-electron chi connectivity index (χ4n) is 2.26. The van der Waals surface area contributed by atoms with Gasteiger partial charge in [-0.25, -0.2) is 9.97 Å². The van der Waals surface area contributed by atoms with Crippen molar-refractivity contribution in [2.24, 2.45) is 0 Å². The van der Waals surface area contributed by atoms with Gasteiger partial charge in [0.05, 0.1) is 25.2 Å². The Bertz CT molecular complexity index is 836. The Morgan fingerprint density at radius 3 is 2.48 bits per heavy atom. The number of para-hydroxylation sites is 2. The van der Waals surface area contributed by atoms with Crippen LogP contribution in [0.15, 0.2) is 67.0 Å². The maximum atomic E-state index is 12.3. The zero-order valence-corrected chi connectivity index (χ0v) is 13.8. The van der Waals surface area contributed by atoms with Crippen molar-refractivity contribution in [3.63, 3.8) is 0 Å². The molecular formula is C19H18N4O2. The van der Waals surface area contributed by atoms with Crippen LogP contribution in [0.1, 0.15) is 16.1 Å². The predicted octanol–water partition coefficient (Wildman–Crippen LogP) is 3.35. The number of carbonyl (C=O) groups excluding carboxylic acids is 1. The molecule has 1 amide bonds. The summed E-state index contributed by atoms with van der Waals surface area (Å²) in [5, 5.41) is 5.94. The largest absolute Gasteiger partial charge is 0.495 e. The molecule has 0 fully saturated rings. The number of methoxy groups -OCH3 is 1. The van der Waals surface area contributed by atoms with Crippen molar-refractivity contribution in [2.75, 3.05) is 17.7 Å². The first-order chi connectivity index (χ1) is 12.3. The molecule has 126 valence electrons. The molecule has 0 spiro atoms. The number of amides is 1. The summed E-state index contributed by atoms with van der Waals surface area (Å²) in [4.78, 5) is 20.7. The van der Waals surface area contributed by atoms with Crippen LogP contribution in [0.2, 0.25) is 0 Å². The molecule has 0 aliphatic rings. The third kappa shape index (κ3) is 4.32. The molecular weight excluding hydrogens is 316 g/mol. The van der Waals surface area contributed by atoms with Crippen LogP contribution in [-0.2, 0) is 6.54 Å². The smallest absolute Gasteiger partial charge is 0.275 e. The van der Waals surface area contributed by atoms with E-state index in [2.05, 4.69) is 20.6 Å². The summed E-state index contributed by atoms with van der Waals surface area (Å²) in [6.45, 7) is 0.641. The highest BCUT2D eigenvalue weighted by Crippen LogP contribution is 2.23. The van der Waals surface area contributed by atoms with Crippen molar-refractivity contribution in [3.05, 3.63) is 78.2 Å². The molecule has 3 rings (SSSR count). The van der Waals surface area contributed by atoms with Crippen LogP contribution in [0.3, 0.4) is 0 Å². The highest BCUT2D eigenvalue weighted by Gasteiger charge is 2.11. The average molecular weight is 334 g/mol. The minimum atomic E-state index is -0.341. The summed E-state index contributed by atoms with van der Waals surface area (Å²) in [7, 11) is 1.55. The lowest BCUT2D eigenvalue weighted by Crippen LogP contribution is -2.15. The molecule has 2 N–H and O–H groups in total. The van der Waals surface area contributed by atoms with Crippen LogP contribution in [0.25, 0.3) is 0 Å². The van der Waals surface area contributed by atoms with E-state index in [-0.39, 0.29) is 11.6 Å². The summed E-state index contributed by atoms with van der Waals surface area (Å²) in [5.74, 6) is 0.856. The molecule has 1 aromatic heterocycles. The zero-order chi connectivity index (χ0) is 17.5. The van der Waals surface area contributed by atoms with Gasteiger partial charge in [-0.2, -0.15) is 0 Å². The maximum absolute atomic E-state index is 12.3. The quantitative estimate of drug-likeness (QED) is 0.723. The number of benzene rings is 2. The fraction of sp³-hybridized carbons (Fsp3) is 0.105. The fourth-order valence-corrected chi connectivity index (χ4v) is 2.26. The van der Waals surface area contributed by atoms with Gasteiger partial charge in [-0.3, -0.25) is 4.79 Å². The standard InChI is InChI=1S/C19H18N4O2/c1-25-17-10-6-5-9-15(17)23-19(24)16-12-22-18(13-20-16)21-11-14-7-3-2-4-8-14/h2-10,12-13H,11H2,1H3,(H,21,22)(H,23,24). The van der Waals surface area contributed by atoms with E-state index in [0.29, 0.717) is 23.8 Å². The van der Waals surface area contributed by atoms with Gasteiger partial charge in [0.15, 0.2) is 0 Å². The SMILES string of the molecule is COc1ccccc1NC(=O)c1cnc(NCc2ccccc2)cn1. The molecule has 6 heteroatoms. The second kappa shape index (κ2) is 7.92. The lowest BCUT2D eigenvalue weighted by Gasteiger charge is -2.09. The molecule has 1 heterocycles. The van der Waals surface area contributed by atoms with Gasteiger partial charge in [-0.1, -0.05) is 42.5 Å². The Balaban J connectivity index is 1.62. The Morgan fingerprint density at radius 2 is 1.76 bits per heavy atom. The van der Waals surface area contributed by atoms with E-state index in [1.807, 2.05) is 42.5 Å². The molecule has 3 aromatic rings. The monoisotopic (exact) mass is 334 g/mol. The topological polar surface area (TPSA) is 76.1 Å². The third-order valence-electron chi connectivity index (χ3n) is 3.56. The molecule has 0 bridgehead atoms. The minimum Gasteiger partial charge on any atom is -0.495 e. The molecule has 0 aliphatic carbocycles. The van der Waals surface area contributed by atoms with E-state index in [1.165, 1.54) is 6.20 Å². The number of carbonyl (C=O) groups is 1. The van der Waals surface area contributed by atoms with E-state index in [1.54, 1.807) is 25.4 Å². The maximum Gasteiger partial charge on any atom is 0.275 e. The van der Waals surface area contributed by atoms with E-state index in [0.717, 1.165) is 5.56 Å². The van der Waals surface area contributed by atoms with Gasteiger partial charge in [0.1, 0.15) is 17.3 Å². The summed E-state index contributed by atoms with van der Waals surface area (Å²) in [5.41, 5.74) is 1.96. The lowest BCUT2D eigenvalue weighted by atomic mass is 10.2. The van der Waals surface area contributed by atoms with E-state index < -0.39 is 0 Å². The van der Waals surface area contributed by atoms with Crippen molar-refractivity contribution in [2.45, 2.75) is 6.54 Å². The predicted molar refractivity (Wildman–Crippen MR) is 96.7 cm³/mol. The summed E-state index contributed by atoms with van der Waals surface area (Å²) in [6.07, 6.45) is 2.98. The normalized spacial score (nSPS) is 10.1.